The minimum absolute atomic E-state index is 0.0997. The van der Waals surface area contributed by atoms with Crippen molar-refractivity contribution in [2.75, 3.05) is 12.8 Å². The fraction of sp³-hybridized carbons (Fsp3) is 0.318. The van der Waals surface area contributed by atoms with Crippen molar-refractivity contribution in [1.82, 2.24) is 10.6 Å². The second-order valence-corrected chi connectivity index (χ2v) is 7.97. The van der Waals surface area contributed by atoms with Gasteiger partial charge in [0.15, 0.2) is 0 Å². The number of benzene rings is 2. The van der Waals surface area contributed by atoms with E-state index in [0.717, 1.165) is 29.7 Å². The number of thioether (sulfide) groups is 1. The molecule has 0 saturated carbocycles. The number of nitriles is 2. The van der Waals surface area contributed by atoms with Crippen LogP contribution in [0.25, 0.3) is 11.1 Å². The van der Waals surface area contributed by atoms with Crippen LogP contribution in [-0.2, 0) is 11.2 Å². The quantitative estimate of drug-likeness (QED) is 0.792. The molecule has 1 aliphatic rings. The van der Waals surface area contributed by atoms with Crippen molar-refractivity contribution < 1.29 is 4.79 Å². The molecule has 0 aliphatic carbocycles. The van der Waals surface area contributed by atoms with E-state index in [0.29, 0.717) is 17.2 Å². The summed E-state index contributed by atoms with van der Waals surface area (Å²) in [5.41, 5.74) is 3.70. The fourth-order valence-corrected chi connectivity index (χ4v) is 3.94. The average Bonchev–Trinajstić information content (AvgIpc) is 3.23. The van der Waals surface area contributed by atoms with Crippen molar-refractivity contribution >= 4 is 17.7 Å². The Bertz CT molecular complexity index is 896. The van der Waals surface area contributed by atoms with E-state index in [4.69, 9.17) is 5.26 Å². The molecule has 0 spiro atoms. The molecule has 1 saturated heterocycles. The van der Waals surface area contributed by atoms with Crippen molar-refractivity contribution in [2.45, 2.75) is 30.2 Å². The Balaban J connectivity index is 1.59. The number of nitrogens with zero attached hydrogens (tertiary/aromatic N) is 2. The monoisotopic (exact) mass is 390 g/mol. The standard InChI is InChI=1S/C22H22N4OS/c1-28-20-11-21(25-14-20)22(27)26-19(13-24)10-15-2-6-17(7-3-15)18-8-4-16(12-23)5-9-18/h2-9,19-21,25H,10-11,14H2,1H3,(H,26,27). The third kappa shape index (κ3) is 4.92. The molecule has 5 nitrogen and oxygen atoms in total. The summed E-state index contributed by atoms with van der Waals surface area (Å²) < 4.78 is 0. The van der Waals surface area contributed by atoms with Gasteiger partial charge in [-0.1, -0.05) is 36.4 Å². The summed E-state index contributed by atoms with van der Waals surface area (Å²) in [5.74, 6) is -0.0997. The van der Waals surface area contributed by atoms with Crippen LogP contribution in [0, 0.1) is 22.7 Å². The molecule has 2 aromatic rings. The number of carbonyl (C=O) groups is 1. The van der Waals surface area contributed by atoms with E-state index in [1.54, 1.807) is 23.9 Å². The maximum absolute atomic E-state index is 12.4. The van der Waals surface area contributed by atoms with E-state index >= 15 is 0 Å². The molecule has 142 valence electrons. The summed E-state index contributed by atoms with van der Waals surface area (Å²) in [6.45, 7) is 0.827. The Morgan fingerprint density at radius 1 is 1.18 bits per heavy atom. The van der Waals surface area contributed by atoms with E-state index in [9.17, 15) is 10.1 Å². The zero-order valence-corrected chi connectivity index (χ0v) is 16.5. The first-order valence-electron chi connectivity index (χ1n) is 9.18. The molecule has 6 heteroatoms. The maximum atomic E-state index is 12.4. The normalized spacial score (nSPS) is 19.4. The summed E-state index contributed by atoms with van der Waals surface area (Å²) in [5, 5.41) is 24.9. The molecule has 0 radical (unpaired) electrons. The molecular formula is C22H22N4OS. The van der Waals surface area contributed by atoms with Gasteiger partial charge in [-0.05, 0) is 41.5 Å². The van der Waals surface area contributed by atoms with Crippen molar-refractivity contribution in [3.63, 3.8) is 0 Å². The minimum atomic E-state index is -0.552. The predicted octanol–water partition coefficient (Wildman–Crippen LogP) is 2.87. The van der Waals surface area contributed by atoms with Gasteiger partial charge in [0.05, 0.1) is 23.7 Å². The van der Waals surface area contributed by atoms with Gasteiger partial charge >= 0.3 is 0 Å². The predicted molar refractivity (Wildman–Crippen MR) is 112 cm³/mol. The molecule has 3 rings (SSSR count). The number of amides is 1. The van der Waals surface area contributed by atoms with Crippen LogP contribution in [0.2, 0.25) is 0 Å². The molecule has 1 fully saturated rings. The molecule has 3 atom stereocenters. The minimum Gasteiger partial charge on any atom is -0.339 e. The Morgan fingerprint density at radius 3 is 2.36 bits per heavy atom. The van der Waals surface area contributed by atoms with Gasteiger partial charge in [-0.15, -0.1) is 0 Å². The van der Waals surface area contributed by atoms with E-state index in [2.05, 4.69) is 22.8 Å². The highest BCUT2D eigenvalue weighted by Gasteiger charge is 2.29. The summed E-state index contributed by atoms with van der Waals surface area (Å²) in [6.07, 6.45) is 3.31. The van der Waals surface area contributed by atoms with Crippen molar-refractivity contribution in [2.24, 2.45) is 0 Å². The van der Waals surface area contributed by atoms with Crippen LogP contribution in [-0.4, -0.2) is 36.0 Å². The Morgan fingerprint density at radius 2 is 1.82 bits per heavy atom. The summed E-state index contributed by atoms with van der Waals surface area (Å²) in [6, 6.07) is 18.9. The molecule has 0 bridgehead atoms. The lowest BCUT2D eigenvalue weighted by Crippen LogP contribution is -2.45. The van der Waals surface area contributed by atoms with E-state index < -0.39 is 6.04 Å². The highest BCUT2D eigenvalue weighted by Crippen LogP contribution is 2.21. The lowest BCUT2D eigenvalue weighted by molar-refractivity contribution is -0.123. The van der Waals surface area contributed by atoms with Gasteiger partial charge in [-0.2, -0.15) is 22.3 Å². The van der Waals surface area contributed by atoms with Crippen molar-refractivity contribution in [3.8, 4) is 23.3 Å². The Kier molecular flexibility index (Phi) is 6.71. The van der Waals surface area contributed by atoms with Gasteiger partial charge < -0.3 is 10.6 Å². The first-order valence-corrected chi connectivity index (χ1v) is 10.5. The highest BCUT2D eigenvalue weighted by molar-refractivity contribution is 7.99. The van der Waals surface area contributed by atoms with Crippen LogP contribution in [0.5, 0.6) is 0 Å². The lowest BCUT2D eigenvalue weighted by atomic mass is 10.00. The van der Waals surface area contributed by atoms with Gasteiger partial charge in [0.2, 0.25) is 5.91 Å². The topological polar surface area (TPSA) is 88.7 Å². The smallest absolute Gasteiger partial charge is 0.238 e. The second-order valence-electron chi connectivity index (χ2n) is 6.83. The molecule has 1 amide bonds. The summed E-state index contributed by atoms with van der Waals surface area (Å²) >= 11 is 1.76. The number of hydrogen-bond acceptors (Lipinski definition) is 5. The van der Waals surface area contributed by atoms with Crippen LogP contribution in [0.4, 0.5) is 0 Å². The molecule has 2 N–H and O–H groups in total. The van der Waals surface area contributed by atoms with Gasteiger partial charge in [-0.3, -0.25) is 4.79 Å². The molecule has 1 heterocycles. The number of nitrogens with one attached hydrogen (secondary N) is 2. The zero-order valence-electron chi connectivity index (χ0n) is 15.7. The Hall–Kier alpha value is -2.80. The lowest BCUT2D eigenvalue weighted by Gasteiger charge is -2.16. The number of hydrogen-bond donors (Lipinski definition) is 2. The molecule has 28 heavy (non-hydrogen) atoms. The SMILES string of the molecule is CSC1CNC(C(=O)NC(C#N)Cc2ccc(-c3ccc(C#N)cc3)cc2)C1. The third-order valence-corrected chi connectivity index (χ3v) is 5.98. The Labute approximate surface area is 169 Å². The van der Waals surface area contributed by atoms with Gasteiger partial charge in [0.25, 0.3) is 0 Å². The summed E-state index contributed by atoms with van der Waals surface area (Å²) in [7, 11) is 0. The van der Waals surface area contributed by atoms with Gasteiger partial charge in [-0.25, -0.2) is 0 Å². The largest absolute Gasteiger partial charge is 0.339 e. The van der Waals surface area contributed by atoms with Crippen LogP contribution in [0.3, 0.4) is 0 Å². The average molecular weight is 391 g/mol. The molecule has 3 unspecified atom stereocenters. The van der Waals surface area contributed by atoms with Crippen LogP contribution < -0.4 is 10.6 Å². The first kappa shape index (κ1) is 19.9. The zero-order chi connectivity index (χ0) is 19.9. The molecule has 0 aromatic heterocycles. The van der Waals surface area contributed by atoms with Crippen LogP contribution in [0.1, 0.15) is 17.5 Å². The van der Waals surface area contributed by atoms with Crippen molar-refractivity contribution in [3.05, 3.63) is 59.7 Å². The van der Waals surface area contributed by atoms with Gasteiger partial charge in [0, 0.05) is 18.2 Å². The first-order chi connectivity index (χ1) is 13.6. The number of carbonyl (C=O) groups excluding carboxylic acids is 1. The van der Waals surface area contributed by atoms with Crippen molar-refractivity contribution in [1.29, 1.82) is 10.5 Å². The summed E-state index contributed by atoms with van der Waals surface area (Å²) in [4.78, 5) is 12.4. The molecular weight excluding hydrogens is 368 g/mol. The van der Waals surface area contributed by atoms with E-state index in [1.807, 2.05) is 42.7 Å². The van der Waals surface area contributed by atoms with E-state index in [1.165, 1.54) is 0 Å². The van der Waals surface area contributed by atoms with Crippen LogP contribution >= 0.6 is 11.8 Å². The molecule has 2 aromatic carbocycles. The number of rotatable bonds is 6. The second kappa shape index (κ2) is 9.41. The molecule has 1 aliphatic heterocycles. The van der Waals surface area contributed by atoms with Gasteiger partial charge in [0.1, 0.15) is 6.04 Å². The van der Waals surface area contributed by atoms with Crippen LogP contribution in [0.15, 0.2) is 48.5 Å². The fourth-order valence-electron chi connectivity index (χ4n) is 3.29. The van der Waals surface area contributed by atoms with E-state index in [-0.39, 0.29) is 11.9 Å². The third-order valence-electron chi connectivity index (χ3n) is 4.95. The maximum Gasteiger partial charge on any atom is 0.238 e. The highest BCUT2D eigenvalue weighted by atomic mass is 32.2.